The summed E-state index contributed by atoms with van der Waals surface area (Å²) in [7, 11) is 0. The van der Waals surface area contributed by atoms with Crippen molar-refractivity contribution in [2.75, 3.05) is 19.6 Å². The van der Waals surface area contributed by atoms with Crippen molar-refractivity contribution in [1.29, 1.82) is 0 Å². The van der Waals surface area contributed by atoms with Crippen molar-refractivity contribution in [2.24, 2.45) is 0 Å². The Bertz CT molecular complexity index is 753. The van der Waals surface area contributed by atoms with E-state index in [1.54, 1.807) is 0 Å². The molecule has 1 N–H and O–H groups in total. The molecule has 0 saturated carbocycles. The van der Waals surface area contributed by atoms with Crippen molar-refractivity contribution in [3.63, 3.8) is 0 Å². The highest BCUT2D eigenvalue weighted by Gasteiger charge is 2.24. The fourth-order valence-electron chi connectivity index (χ4n) is 3.21. The molecule has 4 heteroatoms. The van der Waals surface area contributed by atoms with Crippen molar-refractivity contribution in [2.45, 2.75) is 12.6 Å². The lowest BCUT2D eigenvalue weighted by atomic mass is 10.0. The Morgan fingerprint density at radius 3 is 3.09 bits per heavy atom. The van der Waals surface area contributed by atoms with Crippen LogP contribution in [0, 0.1) is 0 Å². The van der Waals surface area contributed by atoms with Crippen LogP contribution in [0.1, 0.15) is 17.2 Å². The third kappa shape index (κ3) is 2.51. The molecule has 0 spiro atoms. The summed E-state index contributed by atoms with van der Waals surface area (Å²) in [6.45, 7) is 3.91. The molecule has 1 saturated heterocycles. The third-order valence-corrected chi connectivity index (χ3v) is 4.36. The van der Waals surface area contributed by atoms with Crippen molar-refractivity contribution >= 4 is 11.0 Å². The first-order valence-corrected chi connectivity index (χ1v) is 7.71. The van der Waals surface area contributed by atoms with Gasteiger partial charge in [0, 0.05) is 55.6 Å². The van der Waals surface area contributed by atoms with Gasteiger partial charge in [-0.2, -0.15) is 0 Å². The first kappa shape index (κ1) is 13.5. The summed E-state index contributed by atoms with van der Waals surface area (Å²) in [5, 5.41) is 4.70. The Kier molecular flexibility index (Phi) is 3.62. The first-order valence-electron chi connectivity index (χ1n) is 7.71. The van der Waals surface area contributed by atoms with Gasteiger partial charge in [-0.25, -0.2) is 0 Å². The number of hydrogen-bond acceptors (Lipinski definition) is 4. The van der Waals surface area contributed by atoms with Crippen LogP contribution in [-0.2, 0) is 6.54 Å². The number of fused-ring (bicyclic) bond motifs is 1. The quantitative estimate of drug-likeness (QED) is 0.806. The Labute approximate surface area is 129 Å². The van der Waals surface area contributed by atoms with Gasteiger partial charge in [-0.05, 0) is 17.7 Å². The average Bonchev–Trinajstić information content (AvgIpc) is 2.99. The number of rotatable bonds is 3. The second-order valence-corrected chi connectivity index (χ2v) is 5.73. The molecule has 1 aliphatic heterocycles. The van der Waals surface area contributed by atoms with Crippen LogP contribution in [0.2, 0.25) is 0 Å². The minimum Gasteiger partial charge on any atom is -0.464 e. The minimum atomic E-state index is 0.358. The molecule has 2 aromatic heterocycles. The van der Waals surface area contributed by atoms with Crippen LogP contribution in [0.25, 0.3) is 11.0 Å². The van der Waals surface area contributed by atoms with Crippen LogP contribution >= 0.6 is 0 Å². The molecule has 1 atom stereocenters. The van der Waals surface area contributed by atoms with Gasteiger partial charge in [0.15, 0.2) is 0 Å². The second-order valence-electron chi connectivity index (χ2n) is 5.73. The summed E-state index contributed by atoms with van der Waals surface area (Å²) in [6.07, 6.45) is 5.69. The molecule has 4 nitrogen and oxygen atoms in total. The monoisotopic (exact) mass is 293 g/mol. The van der Waals surface area contributed by atoms with E-state index in [0.717, 1.165) is 31.8 Å². The third-order valence-electron chi connectivity index (χ3n) is 4.36. The average molecular weight is 293 g/mol. The number of nitrogens with one attached hydrogen (secondary N) is 1. The second kappa shape index (κ2) is 5.91. The maximum Gasteiger partial charge on any atom is 0.134 e. The van der Waals surface area contributed by atoms with Crippen molar-refractivity contribution < 1.29 is 4.42 Å². The summed E-state index contributed by atoms with van der Waals surface area (Å²) >= 11 is 0. The number of benzene rings is 1. The molecule has 3 heterocycles. The Morgan fingerprint density at radius 2 is 2.18 bits per heavy atom. The molecule has 3 aromatic rings. The fraction of sp³-hybridized carbons (Fsp3) is 0.278. The molecule has 22 heavy (non-hydrogen) atoms. The van der Waals surface area contributed by atoms with E-state index in [-0.39, 0.29) is 0 Å². The molecule has 112 valence electrons. The summed E-state index contributed by atoms with van der Waals surface area (Å²) in [6, 6.07) is 12.8. The smallest absolute Gasteiger partial charge is 0.134 e. The number of para-hydroxylation sites is 1. The molecule has 0 bridgehead atoms. The summed E-state index contributed by atoms with van der Waals surface area (Å²) < 4.78 is 5.68. The normalized spacial score (nSPS) is 19.5. The maximum atomic E-state index is 5.68. The topological polar surface area (TPSA) is 41.3 Å². The highest BCUT2D eigenvalue weighted by Crippen LogP contribution is 2.27. The number of pyridine rings is 1. The lowest BCUT2D eigenvalue weighted by Gasteiger charge is -2.36. The molecule has 1 fully saturated rings. The van der Waals surface area contributed by atoms with Crippen LogP contribution in [0.4, 0.5) is 0 Å². The van der Waals surface area contributed by atoms with Crippen LogP contribution < -0.4 is 5.32 Å². The van der Waals surface area contributed by atoms with Gasteiger partial charge in [0.25, 0.3) is 0 Å². The molecule has 0 amide bonds. The van der Waals surface area contributed by atoms with Crippen LogP contribution in [0.3, 0.4) is 0 Å². The fourth-order valence-corrected chi connectivity index (χ4v) is 3.21. The maximum absolute atomic E-state index is 5.68. The minimum absolute atomic E-state index is 0.358. The Morgan fingerprint density at radius 1 is 1.23 bits per heavy atom. The van der Waals surface area contributed by atoms with Crippen LogP contribution in [0.5, 0.6) is 0 Å². The number of piperazine rings is 1. The SMILES string of the molecule is c1cncc(C2CNCCN2Cc2coc3ccccc23)c1. The number of nitrogens with zero attached hydrogens (tertiary/aromatic N) is 2. The largest absolute Gasteiger partial charge is 0.464 e. The molecule has 0 radical (unpaired) electrons. The van der Waals surface area contributed by atoms with E-state index in [9.17, 15) is 0 Å². The standard InChI is InChI=1S/C18H19N3O/c1-2-6-18-16(5-1)15(13-22-18)12-21-9-8-20-11-17(21)14-4-3-7-19-10-14/h1-7,10,13,17,20H,8-9,11-12H2. The predicted molar refractivity (Wildman–Crippen MR) is 86.5 cm³/mol. The molecule has 1 aromatic carbocycles. The van der Waals surface area contributed by atoms with Gasteiger partial charge in [0.05, 0.1) is 6.26 Å². The van der Waals surface area contributed by atoms with E-state index in [4.69, 9.17) is 4.42 Å². The molecule has 1 unspecified atom stereocenters. The van der Waals surface area contributed by atoms with E-state index in [0.29, 0.717) is 6.04 Å². The van der Waals surface area contributed by atoms with Crippen LogP contribution in [0.15, 0.2) is 59.5 Å². The summed E-state index contributed by atoms with van der Waals surface area (Å²) in [5.41, 5.74) is 3.49. The van der Waals surface area contributed by atoms with Gasteiger partial charge in [0.1, 0.15) is 5.58 Å². The van der Waals surface area contributed by atoms with Crippen molar-refractivity contribution in [3.05, 3.63) is 66.2 Å². The lowest BCUT2D eigenvalue weighted by molar-refractivity contribution is 0.153. The molecular weight excluding hydrogens is 274 g/mol. The molecular formula is C18H19N3O. The first-order chi connectivity index (χ1) is 10.9. The molecule has 1 aliphatic rings. The van der Waals surface area contributed by atoms with E-state index in [1.807, 2.05) is 36.9 Å². The molecule has 0 aliphatic carbocycles. The van der Waals surface area contributed by atoms with E-state index >= 15 is 0 Å². The van der Waals surface area contributed by atoms with Gasteiger partial charge >= 0.3 is 0 Å². The van der Waals surface area contributed by atoms with Gasteiger partial charge < -0.3 is 9.73 Å². The Balaban J connectivity index is 1.62. The zero-order chi connectivity index (χ0) is 14.8. The van der Waals surface area contributed by atoms with Gasteiger partial charge in [-0.3, -0.25) is 9.88 Å². The predicted octanol–water partition coefficient (Wildman–Crippen LogP) is 2.97. The highest BCUT2D eigenvalue weighted by atomic mass is 16.3. The van der Waals surface area contributed by atoms with Crippen molar-refractivity contribution in [3.8, 4) is 0 Å². The summed E-state index contributed by atoms with van der Waals surface area (Å²) in [5.74, 6) is 0. The zero-order valence-electron chi connectivity index (χ0n) is 12.4. The number of aromatic nitrogens is 1. The molecule has 4 rings (SSSR count). The van der Waals surface area contributed by atoms with Gasteiger partial charge in [-0.15, -0.1) is 0 Å². The van der Waals surface area contributed by atoms with E-state index in [2.05, 4.69) is 33.4 Å². The van der Waals surface area contributed by atoms with Crippen LogP contribution in [-0.4, -0.2) is 29.5 Å². The van der Waals surface area contributed by atoms with Crippen molar-refractivity contribution in [1.82, 2.24) is 15.2 Å². The van der Waals surface area contributed by atoms with Gasteiger partial charge in [-0.1, -0.05) is 24.3 Å². The Hall–Kier alpha value is -2.17. The van der Waals surface area contributed by atoms with Gasteiger partial charge in [0.2, 0.25) is 0 Å². The summed E-state index contributed by atoms with van der Waals surface area (Å²) in [4.78, 5) is 6.77. The van der Waals surface area contributed by atoms with E-state index < -0.39 is 0 Å². The zero-order valence-corrected chi connectivity index (χ0v) is 12.4. The number of furan rings is 1. The van der Waals surface area contributed by atoms with E-state index in [1.165, 1.54) is 16.5 Å². The lowest BCUT2D eigenvalue weighted by Crippen LogP contribution is -2.45. The highest BCUT2D eigenvalue weighted by molar-refractivity contribution is 5.80. The number of hydrogen-bond donors (Lipinski definition) is 1.